The topological polar surface area (TPSA) is 93.5 Å². The first kappa shape index (κ1) is 19.9. The number of ether oxygens (including phenoxy) is 1. The minimum absolute atomic E-state index is 0.143. The third-order valence-electron chi connectivity index (χ3n) is 4.38. The first-order chi connectivity index (χ1) is 15.2. The molecule has 0 spiro atoms. The van der Waals surface area contributed by atoms with Gasteiger partial charge >= 0.3 is 0 Å². The molecule has 1 aromatic heterocycles. The number of nitrogens with one attached hydrogen (secondary N) is 2. The Hall–Kier alpha value is -4.39. The van der Waals surface area contributed by atoms with Crippen molar-refractivity contribution in [2.75, 3.05) is 17.2 Å². The Balaban J connectivity index is 1.33. The maximum Gasteiger partial charge on any atom is 0.262 e. The summed E-state index contributed by atoms with van der Waals surface area (Å²) >= 11 is 0. The number of hydrogen-bond donors (Lipinski definition) is 2. The third kappa shape index (κ3) is 5.36. The van der Waals surface area contributed by atoms with Crippen LogP contribution in [0, 0.1) is 0 Å². The number of benzene rings is 3. The lowest BCUT2D eigenvalue weighted by Gasteiger charge is -2.10. The van der Waals surface area contributed by atoms with Crippen LogP contribution in [0.4, 0.5) is 11.4 Å². The van der Waals surface area contributed by atoms with Gasteiger partial charge < -0.3 is 19.8 Å². The molecule has 2 amide bonds. The summed E-state index contributed by atoms with van der Waals surface area (Å²) in [5.74, 6) is 0.574. The molecular weight excluding hydrogens is 394 g/mol. The number of carbonyl (C=O) groups is 2. The molecule has 4 rings (SSSR count). The van der Waals surface area contributed by atoms with Crippen LogP contribution in [0.2, 0.25) is 0 Å². The summed E-state index contributed by atoms with van der Waals surface area (Å²) in [5.41, 5.74) is 2.59. The van der Waals surface area contributed by atoms with Gasteiger partial charge in [-0.1, -0.05) is 36.4 Å². The van der Waals surface area contributed by atoms with E-state index >= 15 is 0 Å². The molecular formula is C24H19N3O4. The van der Waals surface area contributed by atoms with Gasteiger partial charge in [0.05, 0.1) is 6.20 Å². The predicted octanol–water partition coefficient (Wildman–Crippen LogP) is 4.61. The Morgan fingerprint density at radius 3 is 2.39 bits per heavy atom. The third-order valence-corrected chi connectivity index (χ3v) is 4.38. The van der Waals surface area contributed by atoms with E-state index in [4.69, 9.17) is 9.15 Å². The van der Waals surface area contributed by atoms with Crippen molar-refractivity contribution >= 4 is 23.2 Å². The number of carbonyl (C=O) groups excluding carboxylic acids is 2. The van der Waals surface area contributed by atoms with Crippen LogP contribution in [0.3, 0.4) is 0 Å². The second kappa shape index (κ2) is 9.41. The van der Waals surface area contributed by atoms with E-state index in [0.29, 0.717) is 28.4 Å². The quantitative estimate of drug-likeness (QED) is 0.461. The van der Waals surface area contributed by atoms with Crippen LogP contribution < -0.4 is 15.4 Å². The number of aromatic nitrogens is 1. The van der Waals surface area contributed by atoms with Gasteiger partial charge in [-0.3, -0.25) is 9.59 Å². The maximum absolute atomic E-state index is 12.5. The lowest BCUT2D eigenvalue weighted by Crippen LogP contribution is -2.20. The highest BCUT2D eigenvalue weighted by molar-refractivity contribution is 6.04. The van der Waals surface area contributed by atoms with Gasteiger partial charge in [0.2, 0.25) is 0 Å². The Bertz CT molecular complexity index is 1160. The lowest BCUT2D eigenvalue weighted by molar-refractivity contribution is -0.118. The average molecular weight is 413 g/mol. The molecule has 0 aliphatic heterocycles. The van der Waals surface area contributed by atoms with Gasteiger partial charge in [-0.05, 0) is 36.4 Å². The van der Waals surface area contributed by atoms with Gasteiger partial charge in [0.25, 0.3) is 11.8 Å². The van der Waals surface area contributed by atoms with E-state index in [1.54, 1.807) is 66.9 Å². The first-order valence-electron chi connectivity index (χ1n) is 9.55. The molecule has 31 heavy (non-hydrogen) atoms. The normalized spacial score (nSPS) is 10.3. The van der Waals surface area contributed by atoms with Crippen LogP contribution in [0.1, 0.15) is 10.4 Å². The van der Waals surface area contributed by atoms with Gasteiger partial charge in [-0.15, -0.1) is 0 Å². The Kier molecular flexibility index (Phi) is 6.04. The van der Waals surface area contributed by atoms with Crippen molar-refractivity contribution in [3.05, 3.63) is 97.0 Å². The van der Waals surface area contributed by atoms with E-state index in [1.165, 1.54) is 6.39 Å². The zero-order valence-corrected chi connectivity index (χ0v) is 16.4. The zero-order chi connectivity index (χ0) is 21.5. The van der Waals surface area contributed by atoms with Crippen molar-refractivity contribution in [3.8, 4) is 17.1 Å². The first-order valence-corrected chi connectivity index (χ1v) is 9.55. The molecule has 0 saturated carbocycles. The molecule has 4 aromatic rings. The molecule has 0 saturated heterocycles. The van der Waals surface area contributed by atoms with Crippen molar-refractivity contribution in [2.45, 2.75) is 0 Å². The molecule has 0 atom stereocenters. The van der Waals surface area contributed by atoms with Crippen LogP contribution in [0.15, 0.2) is 95.9 Å². The van der Waals surface area contributed by atoms with E-state index in [9.17, 15) is 9.59 Å². The maximum atomic E-state index is 12.5. The molecule has 3 aromatic carbocycles. The second-order valence-corrected chi connectivity index (χ2v) is 6.63. The smallest absolute Gasteiger partial charge is 0.262 e. The summed E-state index contributed by atoms with van der Waals surface area (Å²) in [6, 6.07) is 23.0. The van der Waals surface area contributed by atoms with Gasteiger partial charge in [0.1, 0.15) is 5.75 Å². The van der Waals surface area contributed by atoms with E-state index in [0.717, 1.165) is 5.56 Å². The second-order valence-electron chi connectivity index (χ2n) is 6.63. The molecule has 2 N–H and O–H groups in total. The highest BCUT2D eigenvalue weighted by Crippen LogP contribution is 2.21. The summed E-state index contributed by atoms with van der Waals surface area (Å²) in [6.07, 6.45) is 2.97. The number of rotatable bonds is 7. The number of nitrogens with zero attached hydrogens (tertiary/aromatic N) is 1. The molecule has 0 fully saturated rings. The molecule has 0 aliphatic rings. The number of anilines is 2. The number of para-hydroxylation sites is 1. The van der Waals surface area contributed by atoms with E-state index in [1.807, 2.05) is 18.2 Å². The van der Waals surface area contributed by atoms with Crippen molar-refractivity contribution < 1.29 is 18.7 Å². The Morgan fingerprint density at radius 1 is 0.871 bits per heavy atom. The van der Waals surface area contributed by atoms with Crippen molar-refractivity contribution in [3.63, 3.8) is 0 Å². The fourth-order valence-corrected chi connectivity index (χ4v) is 2.88. The van der Waals surface area contributed by atoms with Crippen molar-refractivity contribution in [2.24, 2.45) is 0 Å². The van der Waals surface area contributed by atoms with E-state index < -0.39 is 0 Å². The Morgan fingerprint density at radius 2 is 1.65 bits per heavy atom. The molecule has 7 heteroatoms. The SMILES string of the molecule is O=C(COc1cccc(NC(=O)c2ccc(-c3cnco3)cc2)c1)Nc1ccccc1. The largest absolute Gasteiger partial charge is 0.484 e. The minimum Gasteiger partial charge on any atom is -0.484 e. The summed E-state index contributed by atoms with van der Waals surface area (Å²) in [4.78, 5) is 28.5. The van der Waals surface area contributed by atoms with Crippen LogP contribution in [0.25, 0.3) is 11.3 Å². The van der Waals surface area contributed by atoms with Crippen LogP contribution in [-0.2, 0) is 4.79 Å². The monoisotopic (exact) mass is 413 g/mol. The summed E-state index contributed by atoms with van der Waals surface area (Å²) < 4.78 is 10.8. The summed E-state index contributed by atoms with van der Waals surface area (Å²) in [5, 5.41) is 5.58. The average Bonchev–Trinajstić information content (AvgIpc) is 3.34. The molecule has 154 valence electrons. The molecule has 0 unspecified atom stereocenters. The Labute approximate surface area is 178 Å². The molecule has 1 heterocycles. The van der Waals surface area contributed by atoms with E-state index in [2.05, 4.69) is 15.6 Å². The van der Waals surface area contributed by atoms with Crippen molar-refractivity contribution in [1.82, 2.24) is 4.98 Å². The predicted molar refractivity (Wildman–Crippen MR) is 117 cm³/mol. The fourth-order valence-electron chi connectivity index (χ4n) is 2.88. The molecule has 7 nitrogen and oxygen atoms in total. The van der Waals surface area contributed by atoms with Crippen LogP contribution >= 0.6 is 0 Å². The highest BCUT2D eigenvalue weighted by Gasteiger charge is 2.09. The van der Waals surface area contributed by atoms with Crippen LogP contribution in [-0.4, -0.2) is 23.4 Å². The van der Waals surface area contributed by atoms with Gasteiger partial charge in [-0.2, -0.15) is 0 Å². The standard InChI is InChI=1S/C24H19N3O4/c28-23(26-19-5-2-1-3-6-19)15-30-21-8-4-7-20(13-21)27-24(29)18-11-9-17(10-12-18)22-14-25-16-31-22/h1-14,16H,15H2,(H,26,28)(H,27,29). The van der Waals surface area contributed by atoms with Gasteiger partial charge in [-0.25, -0.2) is 4.98 Å². The number of hydrogen-bond acceptors (Lipinski definition) is 5. The molecule has 0 aliphatic carbocycles. The van der Waals surface area contributed by atoms with Gasteiger partial charge in [0, 0.05) is 28.6 Å². The van der Waals surface area contributed by atoms with Crippen LogP contribution in [0.5, 0.6) is 5.75 Å². The van der Waals surface area contributed by atoms with Crippen molar-refractivity contribution in [1.29, 1.82) is 0 Å². The minimum atomic E-state index is -0.271. The highest BCUT2D eigenvalue weighted by atomic mass is 16.5. The molecule has 0 radical (unpaired) electrons. The lowest BCUT2D eigenvalue weighted by atomic mass is 10.1. The number of amides is 2. The fraction of sp³-hybridized carbons (Fsp3) is 0.0417. The molecule has 0 bridgehead atoms. The number of oxazole rings is 1. The zero-order valence-electron chi connectivity index (χ0n) is 16.4. The van der Waals surface area contributed by atoms with Gasteiger partial charge in [0.15, 0.2) is 18.8 Å². The summed E-state index contributed by atoms with van der Waals surface area (Å²) in [7, 11) is 0. The summed E-state index contributed by atoms with van der Waals surface area (Å²) in [6.45, 7) is -0.143. The van der Waals surface area contributed by atoms with E-state index in [-0.39, 0.29) is 18.4 Å².